The van der Waals surface area contributed by atoms with Crippen LogP contribution in [0.5, 0.6) is 0 Å². The number of aryl methyl sites for hydroxylation is 2. The van der Waals surface area contributed by atoms with Crippen LogP contribution in [0.1, 0.15) is 180 Å². The zero-order chi connectivity index (χ0) is 38.6. The van der Waals surface area contributed by atoms with E-state index >= 15 is 0 Å². The molecule has 0 bridgehead atoms. The van der Waals surface area contributed by atoms with Crippen LogP contribution in [0.15, 0.2) is 71.4 Å². The lowest BCUT2D eigenvalue weighted by molar-refractivity contribution is 0.222. The minimum absolute atomic E-state index is 0.191. The van der Waals surface area contributed by atoms with Crippen molar-refractivity contribution in [3.63, 3.8) is 0 Å². The van der Waals surface area contributed by atoms with Gasteiger partial charge in [0.15, 0.2) is 0 Å². The van der Waals surface area contributed by atoms with Gasteiger partial charge >= 0.3 is 0 Å². The second kappa shape index (κ2) is 38.4. The van der Waals surface area contributed by atoms with E-state index in [4.69, 9.17) is 0 Å². The number of hydrogen-bond acceptors (Lipinski definition) is 2. The Morgan fingerprint density at radius 1 is 0.918 bits per heavy atom. The lowest BCUT2D eigenvalue weighted by Crippen LogP contribution is -2.36. The molecule has 0 aliphatic carbocycles. The van der Waals surface area contributed by atoms with Crippen LogP contribution in [0.25, 0.3) is 0 Å². The third-order valence-electron chi connectivity index (χ3n) is 8.24. The second-order valence-corrected chi connectivity index (χ2v) is 12.8. The summed E-state index contributed by atoms with van der Waals surface area (Å²) in [7, 11) is 0. The zero-order valence-electron chi connectivity index (χ0n) is 36.1. The average molecular weight is 679 g/mol. The first-order valence-electron chi connectivity index (χ1n) is 20.6. The van der Waals surface area contributed by atoms with Gasteiger partial charge < -0.3 is 0 Å². The number of nitrogens with zero attached hydrogens (tertiary/aromatic N) is 2. The summed E-state index contributed by atoms with van der Waals surface area (Å²) in [6, 6.07) is 11.4. The number of hydrogen-bond donors (Lipinski definition) is 0. The molecule has 0 N–H and O–H groups in total. The molecule has 284 valence electrons. The highest BCUT2D eigenvalue weighted by molar-refractivity contribution is 5.36. The first kappa shape index (κ1) is 53.4. The van der Waals surface area contributed by atoms with E-state index in [9.17, 15) is 5.26 Å². The predicted molar refractivity (Wildman–Crippen MR) is 228 cm³/mol. The molecule has 49 heavy (non-hydrogen) atoms. The molecule has 1 aliphatic heterocycles. The van der Waals surface area contributed by atoms with Crippen molar-refractivity contribution in [2.24, 2.45) is 11.8 Å². The molecule has 1 heterocycles. The van der Waals surface area contributed by atoms with Crippen molar-refractivity contribution in [1.29, 1.82) is 5.26 Å². The Hall–Kier alpha value is -2.37. The van der Waals surface area contributed by atoms with Crippen LogP contribution in [0.2, 0.25) is 0 Å². The third-order valence-corrected chi connectivity index (χ3v) is 8.24. The van der Waals surface area contributed by atoms with Crippen LogP contribution < -0.4 is 0 Å². The summed E-state index contributed by atoms with van der Waals surface area (Å²) >= 11 is 0. The highest BCUT2D eigenvalue weighted by atomic mass is 15.1. The Morgan fingerprint density at radius 2 is 1.49 bits per heavy atom. The van der Waals surface area contributed by atoms with Gasteiger partial charge in [0.25, 0.3) is 0 Å². The molecule has 0 radical (unpaired) electrons. The SMILES string of the molecule is C=C(CCCCN1CCC(C)/C=C(CC(C)C)\C=C(\C#N)C1C)/C(C)=C/CC.CC.CC.CC.CCCC.CCCc1ccccc1CC. The normalized spacial score (nSPS) is 17.9. The molecule has 0 saturated heterocycles. The van der Waals surface area contributed by atoms with Gasteiger partial charge in [-0.25, -0.2) is 0 Å². The molecule has 2 atom stereocenters. The second-order valence-electron chi connectivity index (χ2n) is 12.8. The van der Waals surface area contributed by atoms with Gasteiger partial charge in [-0.2, -0.15) is 5.26 Å². The molecule has 2 unspecified atom stereocenters. The summed E-state index contributed by atoms with van der Waals surface area (Å²) in [5.41, 5.74) is 7.89. The van der Waals surface area contributed by atoms with Gasteiger partial charge in [0, 0.05) is 11.6 Å². The highest BCUT2D eigenvalue weighted by Gasteiger charge is 2.20. The van der Waals surface area contributed by atoms with Gasteiger partial charge in [-0.05, 0) is 107 Å². The quantitative estimate of drug-likeness (QED) is 0.153. The fraction of sp³-hybridized carbons (Fsp3) is 0.681. The lowest BCUT2D eigenvalue weighted by atomic mass is 9.96. The Kier molecular flexibility index (Phi) is 41.9. The Morgan fingerprint density at radius 3 is 1.96 bits per heavy atom. The van der Waals surface area contributed by atoms with Crippen molar-refractivity contribution in [1.82, 2.24) is 4.90 Å². The number of nitriles is 1. The summed E-state index contributed by atoms with van der Waals surface area (Å²) in [5.74, 6) is 1.17. The first-order valence-corrected chi connectivity index (χ1v) is 20.6. The predicted octanol–water partition coefficient (Wildman–Crippen LogP) is 15.3. The van der Waals surface area contributed by atoms with E-state index in [1.54, 1.807) is 0 Å². The molecular formula is C47H86N2. The van der Waals surface area contributed by atoms with Crippen molar-refractivity contribution in [2.45, 2.75) is 187 Å². The van der Waals surface area contributed by atoms with Crippen LogP contribution in [0.4, 0.5) is 0 Å². The minimum Gasteiger partial charge on any atom is -0.296 e. The van der Waals surface area contributed by atoms with Crippen molar-refractivity contribution in [3.8, 4) is 6.07 Å². The summed E-state index contributed by atoms with van der Waals surface area (Å²) in [6.45, 7) is 40.5. The van der Waals surface area contributed by atoms with Crippen LogP contribution in [0, 0.1) is 23.2 Å². The maximum Gasteiger partial charge on any atom is 0.0963 e. The van der Waals surface area contributed by atoms with Gasteiger partial charge in [0.05, 0.1) is 6.07 Å². The van der Waals surface area contributed by atoms with E-state index in [-0.39, 0.29) is 6.04 Å². The number of unbranched alkanes of at least 4 members (excludes halogenated alkanes) is 2. The first-order chi connectivity index (χ1) is 23.6. The van der Waals surface area contributed by atoms with E-state index in [1.165, 1.54) is 53.5 Å². The third kappa shape index (κ3) is 28.1. The molecular weight excluding hydrogens is 593 g/mol. The zero-order valence-corrected chi connectivity index (χ0v) is 36.1. The molecule has 0 aromatic heterocycles. The molecule has 2 rings (SSSR count). The Balaban J connectivity index is -0.000000394. The van der Waals surface area contributed by atoms with E-state index in [1.807, 2.05) is 41.5 Å². The molecule has 0 spiro atoms. The largest absolute Gasteiger partial charge is 0.296 e. The molecule has 2 heteroatoms. The number of benzene rings is 1. The Labute approximate surface area is 310 Å². The van der Waals surface area contributed by atoms with Crippen molar-refractivity contribution < 1.29 is 0 Å². The molecule has 1 aromatic rings. The fourth-order valence-electron chi connectivity index (χ4n) is 5.32. The summed E-state index contributed by atoms with van der Waals surface area (Å²) in [6.07, 6.45) is 19.8. The van der Waals surface area contributed by atoms with Crippen molar-refractivity contribution in [2.75, 3.05) is 13.1 Å². The smallest absolute Gasteiger partial charge is 0.0963 e. The highest BCUT2D eigenvalue weighted by Crippen LogP contribution is 2.24. The van der Waals surface area contributed by atoms with Gasteiger partial charge in [-0.1, -0.05) is 176 Å². The molecule has 1 aromatic carbocycles. The van der Waals surface area contributed by atoms with Crippen LogP contribution in [-0.2, 0) is 12.8 Å². The molecule has 0 saturated carbocycles. The maximum absolute atomic E-state index is 9.77. The lowest BCUT2D eigenvalue weighted by Gasteiger charge is -2.29. The maximum atomic E-state index is 9.77. The molecule has 1 aliphatic rings. The van der Waals surface area contributed by atoms with Gasteiger partial charge in [0.1, 0.15) is 0 Å². The van der Waals surface area contributed by atoms with E-state index in [0.717, 1.165) is 63.6 Å². The molecule has 2 nitrogen and oxygen atoms in total. The van der Waals surface area contributed by atoms with Gasteiger partial charge in [-0.15, -0.1) is 0 Å². The fourth-order valence-corrected chi connectivity index (χ4v) is 5.32. The summed E-state index contributed by atoms with van der Waals surface area (Å²) in [4.78, 5) is 2.51. The van der Waals surface area contributed by atoms with Crippen molar-refractivity contribution in [3.05, 3.63) is 82.5 Å². The standard InChI is InChI=1S/C26H42N2.C11H16.C4H10.3C2H6/c1-8-11-22(5)23(6)12-9-10-14-28-15-13-21(4)17-25(16-20(2)3)18-26(19-27)24(28)7;1-3-7-11-9-6-5-8-10(11)4-2;1-3-4-2;3*1-2/h11,17-18,20-21,24H,6,8-10,12-16H2,1-5,7H3;5-6,8-9H,3-4,7H2,1-2H3;3-4H2,1-2H3;3*1-2H3/b22-11+,25-17-,26-18-;;;;;. The number of rotatable bonds is 13. The van der Waals surface area contributed by atoms with Crippen LogP contribution in [0.3, 0.4) is 0 Å². The van der Waals surface area contributed by atoms with E-state index in [2.05, 4.69) is 129 Å². The topological polar surface area (TPSA) is 27.0 Å². The summed E-state index contributed by atoms with van der Waals surface area (Å²) < 4.78 is 0. The van der Waals surface area contributed by atoms with E-state index in [0.29, 0.717) is 11.8 Å². The minimum atomic E-state index is 0.191. The monoisotopic (exact) mass is 679 g/mol. The van der Waals surface area contributed by atoms with Crippen LogP contribution >= 0.6 is 0 Å². The van der Waals surface area contributed by atoms with Gasteiger partial charge in [0.2, 0.25) is 0 Å². The van der Waals surface area contributed by atoms with Gasteiger partial charge in [-0.3, -0.25) is 4.90 Å². The number of allylic oxidation sites excluding steroid dienone is 6. The summed E-state index contributed by atoms with van der Waals surface area (Å²) in [5, 5.41) is 9.77. The van der Waals surface area contributed by atoms with E-state index < -0.39 is 0 Å². The Bertz CT molecular complexity index is 1010. The molecule has 0 amide bonds. The molecule has 0 fully saturated rings. The average Bonchev–Trinajstić information content (AvgIpc) is 3.17. The van der Waals surface area contributed by atoms with Crippen LogP contribution in [-0.4, -0.2) is 24.0 Å². The van der Waals surface area contributed by atoms with Crippen molar-refractivity contribution >= 4 is 0 Å².